The molecule has 1 aromatic rings. The molecule has 2 aliphatic heterocycles. The third-order valence-corrected chi connectivity index (χ3v) is 17.0. The van der Waals surface area contributed by atoms with Crippen LogP contribution in [0.25, 0.3) is 0 Å². The predicted molar refractivity (Wildman–Crippen MR) is 192 cm³/mol. The summed E-state index contributed by atoms with van der Waals surface area (Å²) in [6, 6.07) is -0.0233. The van der Waals surface area contributed by atoms with Gasteiger partial charge in [0.15, 0.2) is 4.73 Å². The number of halogens is 1. The van der Waals surface area contributed by atoms with E-state index in [1.165, 1.54) is 5.57 Å². The van der Waals surface area contributed by atoms with Crippen LogP contribution in [0.4, 0.5) is 0 Å². The summed E-state index contributed by atoms with van der Waals surface area (Å²) >= 11 is 3.75. The van der Waals surface area contributed by atoms with Gasteiger partial charge in [-0.25, -0.2) is 9.67 Å². The van der Waals surface area contributed by atoms with Crippen LogP contribution in [0.2, 0.25) is 0 Å². The Kier molecular flexibility index (Phi) is 9.11. The molecule has 3 heterocycles. The molecule has 0 aromatic carbocycles. The quantitative estimate of drug-likeness (QED) is 0.267. The molecule has 49 heavy (non-hydrogen) atoms. The fourth-order valence-corrected chi connectivity index (χ4v) is 13.5. The number of nitrogens with one attached hydrogen (secondary N) is 1. The lowest BCUT2D eigenvalue weighted by Gasteiger charge is -2.71. The molecule has 2 bridgehead atoms. The van der Waals surface area contributed by atoms with Gasteiger partial charge in [-0.15, -0.1) is 0 Å². The topological polar surface area (TPSA) is 108 Å². The average molecular weight is 746 g/mol. The summed E-state index contributed by atoms with van der Waals surface area (Å²) in [5, 5.41) is 19.5. The summed E-state index contributed by atoms with van der Waals surface area (Å²) in [7, 11) is 2.05. The monoisotopic (exact) mass is 744 g/mol. The van der Waals surface area contributed by atoms with Crippen molar-refractivity contribution in [2.45, 2.75) is 118 Å². The summed E-state index contributed by atoms with van der Waals surface area (Å²) in [5.74, 6) is 0.464. The van der Waals surface area contributed by atoms with Gasteiger partial charge in [0, 0.05) is 29.6 Å². The van der Waals surface area contributed by atoms with E-state index in [-0.39, 0.29) is 44.8 Å². The zero-order valence-corrected chi connectivity index (χ0v) is 32.8. The maximum atomic E-state index is 13.5. The van der Waals surface area contributed by atoms with Crippen molar-refractivity contribution in [3.63, 3.8) is 0 Å². The molecule has 2 N–H and O–H groups in total. The van der Waals surface area contributed by atoms with Gasteiger partial charge in [-0.2, -0.15) is 5.10 Å². The summed E-state index contributed by atoms with van der Waals surface area (Å²) in [4.78, 5) is 18.0. The molecule has 7 rings (SSSR count). The van der Waals surface area contributed by atoms with Crippen molar-refractivity contribution in [3.05, 3.63) is 22.7 Å². The zero-order valence-electron chi connectivity index (χ0n) is 31.2. The highest BCUT2D eigenvalue weighted by atomic mass is 79.9. The van der Waals surface area contributed by atoms with Crippen molar-refractivity contribution in [2.24, 2.45) is 56.7 Å². The third-order valence-electron chi connectivity index (χ3n) is 16.5. The number of rotatable bonds is 8. The molecule has 3 saturated carbocycles. The van der Waals surface area contributed by atoms with E-state index in [2.05, 4.69) is 92.5 Å². The highest BCUT2D eigenvalue weighted by Gasteiger charge is 2.72. The smallest absolute Gasteiger partial charge is 0.307 e. The Labute approximate surface area is 302 Å². The highest BCUT2D eigenvalue weighted by molar-refractivity contribution is 9.10. The second kappa shape index (κ2) is 12.4. The van der Waals surface area contributed by atoms with Crippen molar-refractivity contribution in [2.75, 3.05) is 40.1 Å². The van der Waals surface area contributed by atoms with Crippen molar-refractivity contribution < 1.29 is 24.1 Å². The van der Waals surface area contributed by atoms with Crippen molar-refractivity contribution >= 4 is 21.9 Å². The van der Waals surface area contributed by atoms with Crippen LogP contribution >= 0.6 is 15.9 Å². The number of aliphatic carboxylic acids is 1. The first-order valence-corrected chi connectivity index (χ1v) is 19.9. The maximum Gasteiger partial charge on any atom is 0.307 e. The number of hydrogen-bond donors (Lipinski definition) is 2. The molecule has 4 aliphatic carbocycles. The number of aromatic nitrogens is 3. The lowest BCUT2D eigenvalue weighted by Crippen LogP contribution is -2.69. The number of ether oxygens (including phenoxy) is 3. The molecule has 10 heteroatoms. The van der Waals surface area contributed by atoms with Crippen LogP contribution in [0.3, 0.4) is 0 Å². The number of nitrogens with zero attached hydrogens (tertiary/aromatic N) is 3. The molecule has 5 fully saturated rings. The fraction of sp³-hybridized carbons (Fsp3) is 0.872. The summed E-state index contributed by atoms with van der Waals surface area (Å²) < 4.78 is 22.5. The molecule has 9 nitrogen and oxygen atoms in total. The molecule has 0 amide bonds. The van der Waals surface area contributed by atoms with Crippen molar-refractivity contribution in [1.29, 1.82) is 0 Å². The van der Waals surface area contributed by atoms with Crippen LogP contribution in [-0.2, 0) is 19.0 Å². The molecule has 11 atom stereocenters. The number of fused-ring (bicyclic) bond motifs is 3. The zero-order chi connectivity index (χ0) is 35.2. The maximum absolute atomic E-state index is 13.5. The second-order valence-electron chi connectivity index (χ2n) is 18.5. The number of hydrogen-bond acceptors (Lipinski definition) is 7. The minimum atomic E-state index is -0.613. The molecular weight excluding hydrogens is 684 g/mol. The van der Waals surface area contributed by atoms with Gasteiger partial charge < -0.3 is 24.6 Å². The van der Waals surface area contributed by atoms with Crippen LogP contribution in [0.1, 0.15) is 106 Å². The minimum absolute atomic E-state index is 0.0233. The first-order valence-electron chi connectivity index (χ1n) is 19.1. The van der Waals surface area contributed by atoms with Gasteiger partial charge in [0.1, 0.15) is 6.33 Å². The molecule has 2 saturated heterocycles. The minimum Gasteiger partial charge on any atom is -0.481 e. The van der Waals surface area contributed by atoms with E-state index in [4.69, 9.17) is 19.3 Å². The van der Waals surface area contributed by atoms with E-state index in [1.54, 1.807) is 6.33 Å². The largest absolute Gasteiger partial charge is 0.481 e. The number of carboxylic acid groups (broad SMARTS) is 1. The van der Waals surface area contributed by atoms with Crippen molar-refractivity contribution in [3.8, 4) is 0 Å². The van der Waals surface area contributed by atoms with Gasteiger partial charge in [0.25, 0.3) is 0 Å². The Morgan fingerprint density at radius 1 is 1.08 bits per heavy atom. The Morgan fingerprint density at radius 2 is 1.82 bits per heavy atom. The molecule has 0 spiro atoms. The van der Waals surface area contributed by atoms with Crippen LogP contribution in [-0.4, -0.2) is 77.6 Å². The van der Waals surface area contributed by atoms with Gasteiger partial charge >= 0.3 is 5.97 Å². The van der Waals surface area contributed by atoms with Gasteiger partial charge in [-0.05, 0) is 114 Å². The number of likely N-dealkylation sites (N-methyl/N-ethyl adjacent to an activating group) is 1. The molecular formula is C39H61BrN4O5. The van der Waals surface area contributed by atoms with Gasteiger partial charge in [-0.1, -0.05) is 60.1 Å². The number of carboxylic acids is 1. The summed E-state index contributed by atoms with van der Waals surface area (Å²) in [5.41, 5.74) is 0.302. The lowest BCUT2D eigenvalue weighted by molar-refractivity contribution is -0.254. The molecule has 1 aromatic heterocycles. The van der Waals surface area contributed by atoms with E-state index in [0.717, 1.165) is 69.3 Å². The fourth-order valence-electron chi connectivity index (χ4n) is 13.1. The molecule has 1 unspecified atom stereocenters. The molecule has 0 radical (unpaired) electrons. The van der Waals surface area contributed by atoms with Crippen LogP contribution in [0.5, 0.6) is 0 Å². The normalized spacial score (nSPS) is 45.1. The Balaban J connectivity index is 1.30. The van der Waals surface area contributed by atoms with E-state index in [1.807, 2.05) is 0 Å². The first kappa shape index (κ1) is 36.0. The number of carbonyl (C=O) groups is 1. The average Bonchev–Trinajstić information content (AvgIpc) is 3.49. The van der Waals surface area contributed by atoms with E-state index in [0.29, 0.717) is 43.5 Å². The van der Waals surface area contributed by atoms with E-state index in [9.17, 15) is 9.90 Å². The summed E-state index contributed by atoms with van der Waals surface area (Å²) in [6.45, 7) is 19.8. The Bertz CT molecular complexity index is 1460. The van der Waals surface area contributed by atoms with Crippen LogP contribution in [0.15, 0.2) is 22.7 Å². The first-order chi connectivity index (χ1) is 23.1. The lowest BCUT2D eigenvalue weighted by atomic mass is 9.34. The van der Waals surface area contributed by atoms with E-state index < -0.39 is 11.9 Å². The van der Waals surface area contributed by atoms with Crippen LogP contribution in [0, 0.1) is 56.7 Å². The van der Waals surface area contributed by atoms with Gasteiger partial charge in [0.05, 0.1) is 37.9 Å². The predicted octanol–water partition coefficient (Wildman–Crippen LogP) is 7.32. The van der Waals surface area contributed by atoms with Crippen molar-refractivity contribution in [1.82, 2.24) is 20.1 Å². The molecule has 274 valence electrons. The summed E-state index contributed by atoms with van der Waals surface area (Å²) in [6.07, 6.45) is 11.8. The SMILES string of the molecule is CNC1(CO[C@H]2[C@H](n3ncnc3Br)C[C@@]34COCC2(C)[C@@H]3CC[C@H]2C4=CC[C@@]3(C)[C@H](C(=O)O)[C@@](C)([C@H](C)C(C)C)CC[C@]23C)CCOCC1. The van der Waals surface area contributed by atoms with Crippen LogP contribution < -0.4 is 5.32 Å². The van der Waals surface area contributed by atoms with E-state index >= 15 is 0 Å². The third kappa shape index (κ3) is 5.06. The molecule has 6 aliphatic rings. The van der Waals surface area contributed by atoms with Gasteiger partial charge in [-0.3, -0.25) is 4.79 Å². The highest BCUT2D eigenvalue weighted by Crippen LogP contribution is 2.75. The van der Waals surface area contributed by atoms with Gasteiger partial charge in [0.2, 0.25) is 0 Å². The standard InChI is InChI=1S/C39H61BrN4O5/c1-24(2)25(3)34(4)13-14-36(6)26-9-10-29-35(5)20-48-22-39(29,27(26)11-12-37(36,7)30(34)32(45)46)19-28(44-33(40)42-23-43-44)31(35)49-21-38(41-8)15-17-47-18-16-38/h11,23-26,28-31,41H,9-10,12-22H2,1-8H3,(H,45,46)/t25-,26+,28-,29+,30-,31+,34-,35?,36-,37+,39+/m1/s1. The second-order valence-corrected chi connectivity index (χ2v) is 19.2. The number of allylic oxidation sites excluding steroid dienone is 1. The Morgan fingerprint density at radius 3 is 2.45 bits per heavy atom. The Hall–Kier alpha value is -1.33.